The molecule has 1 amide bonds. The van der Waals surface area contributed by atoms with Gasteiger partial charge in [0.25, 0.3) is 5.91 Å². The van der Waals surface area contributed by atoms with Crippen LogP contribution in [-0.2, 0) is 27.3 Å². The fraction of sp³-hybridized carbons (Fsp3) is 0.440. The van der Waals surface area contributed by atoms with Gasteiger partial charge in [-0.25, -0.2) is 0 Å². The second-order valence-corrected chi connectivity index (χ2v) is 9.20. The molecular formula is C25H24F6N2O2. The molecule has 1 unspecified atom stereocenters. The summed E-state index contributed by atoms with van der Waals surface area (Å²) in [6.07, 6.45) is -7.56. The van der Waals surface area contributed by atoms with Crippen molar-refractivity contribution in [3.8, 4) is 0 Å². The number of rotatable bonds is 5. The molecule has 188 valence electrons. The third-order valence-corrected chi connectivity index (χ3v) is 7.04. The van der Waals surface area contributed by atoms with Gasteiger partial charge in [-0.1, -0.05) is 30.3 Å². The Balaban J connectivity index is 1.59. The third-order valence-electron chi connectivity index (χ3n) is 7.04. The van der Waals surface area contributed by atoms with Crippen LogP contribution in [0.5, 0.6) is 0 Å². The lowest BCUT2D eigenvalue weighted by Crippen LogP contribution is -2.47. The van der Waals surface area contributed by atoms with Gasteiger partial charge in [-0.15, -0.1) is 0 Å². The number of hydrogen-bond donors (Lipinski definition) is 1. The number of alkyl halides is 6. The Morgan fingerprint density at radius 1 is 0.943 bits per heavy atom. The number of ether oxygens (including phenoxy) is 1. The average Bonchev–Trinajstić information content (AvgIpc) is 3.17. The third kappa shape index (κ3) is 5.07. The van der Waals surface area contributed by atoms with Crippen LogP contribution in [0.15, 0.2) is 53.5 Å². The van der Waals surface area contributed by atoms with E-state index in [2.05, 4.69) is 10.3 Å². The predicted molar refractivity (Wildman–Crippen MR) is 117 cm³/mol. The van der Waals surface area contributed by atoms with Gasteiger partial charge in [0.2, 0.25) is 0 Å². The van der Waals surface area contributed by atoms with Crippen LogP contribution in [0.2, 0.25) is 0 Å². The first kappa shape index (κ1) is 25.2. The Labute approximate surface area is 198 Å². The van der Waals surface area contributed by atoms with E-state index in [0.717, 1.165) is 5.56 Å². The molecule has 1 aliphatic heterocycles. The summed E-state index contributed by atoms with van der Waals surface area (Å²) in [4.78, 5) is 16.7. The second kappa shape index (κ2) is 8.96. The number of aliphatic imine (C=N–C) groups is 1. The van der Waals surface area contributed by atoms with Gasteiger partial charge >= 0.3 is 12.4 Å². The molecule has 10 heteroatoms. The molecule has 0 bridgehead atoms. The van der Waals surface area contributed by atoms with Gasteiger partial charge in [0.1, 0.15) is 5.54 Å². The van der Waals surface area contributed by atoms with Crippen molar-refractivity contribution >= 4 is 12.2 Å². The van der Waals surface area contributed by atoms with Crippen LogP contribution in [0.3, 0.4) is 0 Å². The van der Waals surface area contributed by atoms with Crippen molar-refractivity contribution in [1.29, 1.82) is 0 Å². The Kier molecular flexibility index (Phi) is 6.46. The van der Waals surface area contributed by atoms with Crippen molar-refractivity contribution in [1.82, 2.24) is 5.32 Å². The highest BCUT2D eigenvalue weighted by Crippen LogP contribution is 2.46. The first-order chi connectivity index (χ1) is 16.3. The molecule has 1 heterocycles. The summed E-state index contributed by atoms with van der Waals surface area (Å²) >= 11 is 0. The predicted octanol–water partition coefficient (Wildman–Crippen LogP) is 6.21. The van der Waals surface area contributed by atoms with Gasteiger partial charge in [0.15, 0.2) is 0 Å². The summed E-state index contributed by atoms with van der Waals surface area (Å²) in [7, 11) is 0. The summed E-state index contributed by atoms with van der Waals surface area (Å²) in [6, 6.07) is 10.9. The standard InChI is InChI=1S/C25H24F6N2O2/c1-16(17-11-19(24(26,27)28)13-20(12-17)25(29,30)31)35-14-22(18-5-3-2-4-6-18)7-9-23(10-8-22)21(34)32-15-33-23/h2-6,11-13,15-16H,7-10,14H2,1H3,(H,32,33,34). The van der Waals surface area contributed by atoms with E-state index in [1.165, 1.54) is 13.3 Å². The molecule has 1 fully saturated rings. The van der Waals surface area contributed by atoms with E-state index >= 15 is 0 Å². The number of carbonyl (C=O) groups is 1. The van der Waals surface area contributed by atoms with Gasteiger partial charge in [-0.2, -0.15) is 26.3 Å². The number of nitrogens with zero attached hydrogens (tertiary/aromatic N) is 1. The molecule has 2 aromatic carbocycles. The number of amides is 1. The zero-order chi connectivity index (χ0) is 25.5. The van der Waals surface area contributed by atoms with E-state index < -0.39 is 40.5 Å². The second-order valence-electron chi connectivity index (χ2n) is 9.20. The summed E-state index contributed by atoms with van der Waals surface area (Å²) in [6.45, 7) is 1.50. The maximum absolute atomic E-state index is 13.3. The summed E-state index contributed by atoms with van der Waals surface area (Å²) in [5.41, 5.74) is -3.42. The summed E-state index contributed by atoms with van der Waals surface area (Å²) < 4.78 is 85.7. The molecule has 2 aromatic rings. The molecular weight excluding hydrogens is 474 g/mol. The number of carbonyl (C=O) groups excluding carboxylic acids is 1. The summed E-state index contributed by atoms with van der Waals surface area (Å²) in [5, 5.41) is 2.61. The lowest BCUT2D eigenvalue weighted by atomic mass is 9.64. The van der Waals surface area contributed by atoms with Crippen molar-refractivity contribution in [2.75, 3.05) is 6.61 Å². The molecule has 1 atom stereocenters. The maximum Gasteiger partial charge on any atom is 0.416 e. The van der Waals surface area contributed by atoms with Crippen LogP contribution in [0, 0.1) is 0 Å². The van der Waals surface area contributed by atoms with Crippen molar-refractivity contribution < 1.29 is 35.9 Å². The normalized spacial score (nSPS) is 25.6. The Hall–Kier alpha value is -2.88. The van der Waals surface area contributed by atoms with Gasteiger partial charge in [0.05, 0.1) is 30.2 Å². The number of nitrogens with one attached hydrogen (secondary N) is 1. The minimum atomic E-state index is -4.93. The highest BCUT2D eigenvalue weighted by molar-refractivity contribution is 6.00. The van der Waals surface area contributed by atoms with Gasteiger partial charge in [-0.3, -0.25) is 9.79 Å². The molecule has 1 aliphatic carbocycles. The molecule has 0 saturated heterocycles. The lowest BCUT2D eigenvalue weighted by molar-refractivity contribution is -0.143. The number of halogens is 6. The zero-order valence-electron chi connectivity index (χ0n) is 18.8. The number of hydrogen-bond acceptors (Lipinski definition) is 3. The van der Waals surface area contributed by atoms with E-state index in [9.17, 15) is 31.1 Å². The van der Waals surface area contributed by atoms with Gasteiger partial charge in [0, 0.05) is 5.41 Å². The molecule has 4 nitrogen and oxygen atoms in total. The Morgan fingerprint density at radius 2 is 1.51 bits per heavy atom. The fourth-order valence-corrected chi connectivity index (χ4v) is 4.81. The number of benzene rings is 2. The lowest BCUT2D eigenvalue weighted by Gasteiger charge is -2.43. The van der Waals surface area contributed by atoms with E-state index in [1.807, 2.05) is 30.3 Å². The van der Waals surface area contributed by atoms with Crippen molar-refractivity contribution in [2.24, 2.45) is 4.99 Å². The minimum Gasteiger partial charge on any atom is -0.373 e. The largest absolute Gasteiger partial charge is 0.416 e. The quantitative estimate of drug-likeness (QED) is 0.499. The van der Waals surface area contributed by atoms with Crippen LogP contribution < -0.4 is 5.32 Å². The van der Waals surface area contributed by atoms with E-state index in [4.69, 9.17) is 4.74 Å². The van der Waals surface area contributed by atoms with Gasteiger partial charge < -0.3 is 10.1 Å². The Morgan fingerprint density at radius 3 is 2.00 bits per heavy atom. The smallest absolute Gasteiger partial charge is 0.373 e. The minimum absolute atomic E-state index is 0.0667. The van der Waals surface area contributed by atoms with Crippen LogP contribution >= 0.6 is 0 Å². The molecule has 1 N–H and O–H groups in total. The zero-order valence-corrected chi connectivity index (χ0v) is 18.8. The van der Waals surface area contributed by atoms with Crippen LogP contribution in [0.1, 0.15) is 61.0 Å². The first-order valence-corrected chi connectivity index (χ1v) is 11.2. The topological polar surface area (TPSA) is 50.7 Å². The average molecular weight is 498 g/mol. The first-order valence-electron chi connectivity index (χ1n) is 11.2. The van der Waals surface area contributed by atoms with E-state index in [-0.39, 0.29) is 24.1 Å². The van der Waals surface area contributed by atoms with E-state index in [1.54, 1.807) is 0 Å². The SMILES string of the molecule is CC(OCC1(c2ccccc2)CCC2(CC1)N=CNC2=O)c1cc(C(F)(F)F)cc(C(F)(F)F)c1. The highest BCUT2D eigenvalue weighted by Gasteiger charge is 2.49. The monoisotopic (exact) mass is 498 g/mol. The van der Waals surface area contributed by atoms with E-state index in [0.29, 0.717) is 37.8 Å². The molecule has 1 saturated carbocycles. The highest BCUT2D eigenvalue weighted by atomic mass is 19.4. The van der Waals surface area contributed by atoms with Crippen LogP contribution in [-0.4, -0.2) is 24.4 Å². The fourth-order valence-electron chi connectivity index (χ4n) is 4.81. The van der Waals surface area contributed by atoms with Crippen molar-refractivity contribution in [3.05, 3.63) is 70.8 Å². The van der Waals surface area contributed by atoms with Crippen molar-refractivity contribution in [3.63, 3.8) is 0 Å². The molecule has 0 radical (unpaired) electrons. The molecule has 4 rings (SSSR count). The van der Waals surface area contributed by atoms with Gasteiger partial charge in [-0.05, 0) is 61.9 Å². The van der Waals surface area contributed by atoms with Crippen LogP contribution in [0.4, 0.5) is 26.3 Å². The van der Waals surface area contributed by atoms with Crippen molar-refractivity contribution in [2.45, 2.75) is 62.0 Å². The maximum atomic E-state index is 13.3. The summed E-state index contributed by atoms with van der Waals surface area (Å²) in [5.74, 6) is -0.169. The Bertz CT molecular complexity index is 1070. The molecule has 0 aromatic heterocycles. The van der Waals surface area contributed by atoms with Crippen LogP contribution in [0.25, 0.3) is 0 Å². The molecule has 35 heavy (non-hydrogen) atoms. The molecule has 1 spiro atoms. The molecule has 2 aliphatic rings.